The Kier molecular flexibility index (Phi) is 37.0. The first-order valence-corrected chi connectivity index (χ1v) is 35.7. The average molecular weight is 1390 g/mol. The minimum Gasteiger partial charge on any atom is -0.481 e. The van der Waals surface area contributed by atoms with E-state index < -0.39 is 36.3 Å². The van der Waals surface area contributed by atoms with Gasteiger partial charge in [-0.2, -0.15) is 0 Å². The quantitative estimate of drug-likeness (QED) is 0.0123. The number of carbonyl (C=O) groups excluding carboxylic acids is 5. The first-order valence-electron chi connectivity index (χ1n) is 35.7. The van der Waals surface area contributed by atoms with E-state index in [0.29, 0.717) is 43.5 Å². The Morgan fingerprint density at radius 2 is 0.728 bits per heavy atom. The summed E-state index contributed by atoms with van der Waals surface area (Å²) in [6, 6.07) is 43.4. The molecular weight excluding hydrogens is 1290 g/mol. The average Bonchev–Trinajstić information content (AvgIpc) is 1.68. The number of fused-ring (bicyclic) bond motifs is 6. The molecule has 0 spiro atoms. The van der Waals surface area contributed by atoms with E-state index in [1.54, 1.807) is 6.07 Å². The van der Waals surface area contributed by atoms with E-state index in [1.165, 1.54) is 14.7 Å². The second-order valence-electron chi connectivity index (χ2n) is 24.4. The highest BCUT2D eigenvalue weighted by atomic mass is 16.5. The van der Waals surface area contributed by atoms with Crippen LogP contribution in [0.2, 0.25) is 0 Å². The number of hydrogen-bond donors (Lipinski definition) is 5. The lowest BCUT2D eigenvalue weighted by Crippen LogP contribution is -2.32. The van der Waals surface area contributed by atoms with Gasteiger partial charge >= 0.3 is 30.0 Å². The third-order valence-electron chi connectivity index (χ3n) is 16.8. The largest absolute Gasteiger partial charge is 0.481 e. The molecule has 6 amide bonds. The summed E-state index contributed by atoms with van der Waals surface area (Å²) in [7, 11) is 0. The molecule has 16 nitrogen and oxygen atoms in total. The summed E-state index contributed by atoms with van der Waals surface area (Å²) in [6.45, 7) is 5.01. The maximum absolute atomic E-state index is 12.7. The van der Waals surface area contributed by atoms with Crippen LogP contribution in [0.25, 0.3) is 0 Å². The Morgan fingerprint density at radius 3 is 1.13 bits per heavy atom. The number of urea groups is 3. The molecule has 0 aromatic heterocycles. The molecule has 0 unspecified atom stereocenters. The molecule has 0 saturated heterocycles. The molecule has 0 saturated carbocycles. The van der Waals surface area contributed by atoms with Gasteiger partial charge in [0.1, 0.15) is 6.10 Å². The number of benzene rings is 6. The zero-order valence-corrected chi connectivity index (χ0v) is 59.6. The predicted octanol–water partition coefficient (Wildman–Crippen LogP) is 20.2. The van der Waals surface area contributed by atoms with Gasteiger partial charge in [0, 0.05) is 42.7 Å². The number of carboxylic acids is 1. The molecule has 6 aromatic carbocycles. The van der Waals surface area contributed by atoms with Gasteiger partial charge in [0.2, 0.25) is 0 Å². The molecule has 0 fully saturated rings. The van der Waals surface area contributed by atoms with Gasteiger partial charge in [0.05, 0.1) is 46.8 Å². The molecule has 540 valence electrons. The number of carbonyl (C=O) groups is 6. The first-order chi connectivity index (χ1) is 50.3. The van der Waals surface area contributed by atoms with E-state index in [-0.39, 0.29) is 24.9 Å². The summed E-state index contributed by atoms with van der Waals surface area (Å²) < 4.78 is 10.9. The third-order valence-corrected chi connectivity index (χ3v) is 16.8. The van der Waals surface area contributed by atoms with Crippen molar-refractivity contribution in [3.8, 4) is 0 Å². The van der Waals surface area contributed by atoms with Crippen LogP contribution in [-0.4, -0.2) is 53.3 Å². The highest BCUT2D eigenvalue weighted by molar-refractivity contribution is 6.02. The van der Waals surface area contributed by atoms with Crippen LogP contribution in [0, 0.1) is 0 Å². The van der Waals surface area contributed by atoms with E-state index in [4.69, 9.17) is 31.8 Å². The highest BCUT2D eigenvalue weighted by Crippen LogP contribution is 2.44. The molecule has 0 radical (unpaired) electrons. The van der Waals surface area contributed by atoms with Crippen molar-refractivity contribution >= 4 is 70.6 Å². The van der Waals surface area contributed by atoms with Crippen molar-refractivity contribution < 1.29 is 48.5 Å². The van der Waals surface area contributed by atoms with E-state index in [0.717, 1.165) is 146 Å². The van der Waals surface area contributed by atoms with Gasteiger partial charge in [-0.3, -0.25) is 29.1 Å². The topological polar surface area (TPSA) is 249 Å². The number of nitrogens with zero attached hydrogens (tertiary/aromatic N) is 3. The van der Waals surface area contributed by atoms with E-state index >= 15 is 0 Å². The minimum absolute atomic E-state index is 0.0214. The number of ether oxygens (including phenoxy) is 2. The molecule has 16 heteroatoms. The summed E-state index contributed by atoms with van der Waals surface area (Å²) in [5, 5.41) is 18.8. The fraction of sp³-hybridized carbons (Fsp3) is 0.287. The normalized spacial score (nSPS) is 15.3. The lowest BCUT2D eigenvalue weighted by molar-refractivity contribution is -0.149. The van der Waals surface area contributed by atoms with Crippen molar-refractivity contribution in [1.82, 2.24) is 0 Å². The number of aliphatic hydroxyl groups excluding tert-OH is 1. The van der Waals surface area contributed by atoms with Crippen molar-refractivity contribution in [2.24, 2.45) is 17.2 Å². The fourth-order valence-corrected chi connectivity index (χ4v) is 11.9. The third kappa shape index (κ3) is 27.7. The van der Waals surface area contributed by atoms with Crippen LogP contribution in [0.15, 0.2) is 267 Å². The Bertz CT molecular complexity index is 3970. The maximum Gasteiger partial charge on any atom is 0.323 e. The van der Waals surface area contributed by atoms with Crippen LogP contribution >= 0.6 is 0 Å². The minimum atomic E-state index is -0.715. The van der Waals surface area contributed by atoms with E-state index in [2.05, 4.69) is 135 Å². The lowest BCUT2D eigenvalue weighted by atomic mass is 9.92. The summed E-state index contributed by atoms with van der Waals surface area (Å²) in [5.41, 5.74) is 26.4. The molecule has 3 atom stereocenters. The van der Waals surface area contributed by atoms with Gasteiger partial charge in [-0.15, -0.1) is 0 Å². The summed E-state index contributed by atoms with van der Waals surface area (Å²) in [4.78, 5) is 74.3. The van der Waals surface area contributed by atoms with Crippen LogP contribution < -0.4 is 31.9 Å². The van der Waals surface area contributed by atoms with Gasteiger partial charge in [-0.1, -0.05) is 245 Å². The van der Waals surface area contributed by atoms with Crippen LogP contribution in [0.4, 0.5) is 48.5 Å². The number of amides is 6. The summed E-state index contributed by atoms with van der Waals surface area (Å²) >= 11 is 0. The number of rotatable bonds is 30. The second kappa shape index (κ2) is 47.1. The smallest absolute Gasteiger partial charge is 0.323 e. The molecule has 9 rings (SSSR count). The number of para-hydroxylation sites is 6. The van der Waals surface area contributed by atoms with Crippen LogP contribution in [-0.2, 0) is 43.1 Å². The maximum atomic E-state index is 12.7. The standard InChI is InChI=1S/C35H42N2O3.C20H30O2.C17H16N2O3.C15H14N2O2/c1-2-3-4-5-6-7-8-9-10-11-12-13-14-15-16-17-18-27-34(38)40-33-28-29-23-19-21-25-31(29)37(35(36)39)32-26-22-20-24-30(32)33;1-2-3-4-5-6-7-8-9-10-11-12-13-14-15-16-17-18-19-20(21)22;18-17(21)19-15-7-3-1-5-12(15)9-13(10-22-11-20)14-6-2-4-8-16(14)19;16-15(19)17-12-7-3-1-5-10(12)9-14(18)11-6-2-4-8-13(11)17/h3-4,6-7,9-10,12-13,15-16,19-26,33H,2,5,8,11,14,17-18,27-28H2,1H3,(H2,36,39);3-4,6-7,9-10,12-13,15-16H,2,5,8,11,14,17-19H2,1H3,(H,21,22);1-8,11,13H,9-10H2,(H2,18,21);1-8,14,18H,9H2,(H2,16,19)/b2*4-3-,7-6-,10-9-,13-12-,16-15-;;/t33-;;13-;14-/m0.10/s1. The van der Waals surface area contributed by atoms with Gasteiger partial charge in [0.25, 0.3) is 6.47 Å². The zero-order valence-electron chi connectivity index (χ0n) is 59.6. The van der Waals surface area contributed by atoms with Crippen molar-refractivity contribution in [2.45, 2.75) is 154 Å². The zero-order chi connectivity index (χ0) is 73.7. The van der Waals surface area contributed by atoms with Crippen molar-refractivity contribution in [1.29, 1.82) is 0 Å². The van der Waals surface area contributed by atoms with Gasteiger partial charge < -0.3 is 36.9 Å². The molecule has 0 aliphatic carbocycles. The molecule has 3 aliphatic heterocycles. The SMILES string of the molecule is CC/C=C\C/C=C\C/C=C\C/C=C\C/C=C\CCCC(=O)O.CC/C=C\C/C=C\C/C=C\C/C=C\C/C=C\CCCC(=O)O[C@H]1Cc2ccccc2N(C(N)=O)c2ccccc21.NC(=O)N1c2ccccc2C[C@H](COC=O)c2ccccc21.NC(=O)N1c2ccccc2C[C@H](O)c2ccccc21. The number of aliphatic carboxylic acids is 1. The molecule has 6 aromatic rings. The number of esters is 1. The number of primary amides is 3. The monoisotopic (exact) mass is 1390 g/mol. The first kappa shape index (κ1) is 80.9. The molecule has 103 heavy (non-hydrogen) atoms. The van der Waals surface area contributed by atoms with Crippen LogP contribution in [0.5, 0.6) is 0 Å². The number of hydrogen-bond acceptors (Lipinski definition) is 9. The van der Waals surface area contributed by atoms with Gasteiger partial charge in [-0.05, 0) is 155 Å². The van der Waals surface area contributed by atoms with Gasteiger partial charge in [0.15, 0.2) is 0 Å². The number of anilines is 6. The Morgan fingerprint density at radius 1 is 0.408 bits per heavy atom. The van der Waals surface area contributed by atoms with Gasteiger partial charge in [-0.25, -0.2) is 14.4 Å². The second-order valence-corrected chi connectivity index (χ2v) is 24.4. The number of aliphatic hydroxyl groups is 1. The summed E-state index contributed by atoms with van der Waals surface area (Å²) in [5.74, 6) is -0.976. The number of carboxylic acid groups (broad SMARTS) is 1. The molecule has 8 N–H and O–H groups in total. The van der Waals surface area contributed by atoms with Crippen molar-refractivity contribution in [2.75, 3.05) is 21.3 Å². The number of unbranched alkanes of at least 4 members (excludes halogenated alkanes) is 2. The predicted molar refractivity (Wildman–Crippen MR) is 418 cm³/mol. The Balaban J connectivity index is 0.000000227. The van der Waals surface area contributed by atoms with Crippen LogP contribution in [0.1, 0.15) is 168 Å². The number of allylic oxidation sites excluding steroid dienone is 20. The van der Waals surface area contributed by atoms with Crippen molar-refractivity contribution in [3.05, 3.63) is 300 Å². The van der Waals surface area contributed by atoms with Crippen LogP contribution in [0.3, 0.4) is 0 Å². The fourth-order valence-electron chi connectivity index (χ4n) is 11.9. The Hall–Kier alpha value is -11.1. The molecule has 3 heterocycles. The van der Waals surface area contributed by atoms with E-state index in [1.807, 2.05) is 140 Å². The molecule has 0 bridgehead atoms. The highest BCUT2D eigenvalue weighted by Gasteiger charge is 2.33. The molecular formula is C87H102N6O10. The molecule has 3 aliphatic rings. The lowest BCUT2D eigenvalue weighted by Gasteiger charge is -2.23. The Labute approximate surface area is 609 Å². The van der Waals surface area contributed by atoms with E-state index in [9.17, 15) is 33.9 Å². The number of nitrogens with two attached hydrogens (primary N) is 3. The summed E-state index contributed by atoms with van der Waals surface area (Å²) in [6.07, 6.45) is 57.5. The van der Waals surface area contributed by atoms with Crippen molar-refractivity contribution in [3.63, 3.8) is 0 Å².